The average Bonchev–Trinajstić information content (AvgIpc) is 3.48. The molecule has 0 spiro atoms. The van der Waals surface area contributed by atoms with Gasteiger partial charge in [-0.15, -0.1) is 0 Å². The van der Waals surface area contributed by atoms with Crippen molar-refractivity contribution < 1.29 is 9.59 Å². The fraction of sp³-hybridized carbons (Fsp3) is 0.619. The summed E-state index contributed by atoms with van der Waals surface area (Å²) in [6, 6.07) is 7.95. The van der Waals surface area contributed by atoms with Crippen LogP contribution in [0.25, 0.3) is 0 Å². The maximum Gasteiger partial charge on any atom is 0.247 e. The lowest BCUT2D eigenvalue weighted by atomic mass is 9.91. The number of nitrogens with one attached hydrogen (secondary N) is 1. The summed E-state index contributed by atoms with van der Waals surface area (Å²) in [5.74, 6) is 0.349. The standard InChI is InChI=1S/C21H28N2O2/c24-20(22-17-8-3-1-2-4-9-17)19-18-10-6-5-7-15(18)13-14-23(19)21(25)16-11-12-16/h5-7,10,16-17,19H,1-4,8-9,11-14H2,(H,22,24). The van der Waals surface area contributed by atoms with E-state index in [1.54, 1.807) is 0 Å². The van der Waals surface area contributed by atoms with Crippen molar-refractivity contribution in [2.45, 2.75) is 69.9 Å². The van der Waals surface area contributed by atoms with Gasteiger partial charge < -0.3 is 10.2 Å². The summed E-state index contributed by atoms with van der Waals surface area (Å²) in [6.45, 7) is 0.662. The van der Waals surface area contributed by atoms with Crippen molar-refractivity contribution in [1.29, 1.82) is 0 Å². The number of hydrogen-bond acceptors (Lipinski definition) is 2. The van der Waals surface area contributed by atoms with Crippen LogP contribution in [-0.4, -0.2) is 29.3 Å². The molecule has 0 bridgehead atoms. The maximum absolute atomic E-state index is 13.2. The highest BCUT2D eigenvalue weighted by Gasteiger charge is 2.41. The van der Waals surface area contributed by atoms with Gasteiger partial charge in [-0.3, -0.25) is 9.59 Å². The lowest BCUT2D eigenvalue weighted by Crippen LogP contribution is -2.49. The third-order valence-corrected chi connectivity index (χ3v) is 5.94. The topological polar surface area (TPSA) is 49.4 Å². The van der Waals surface area contributed by atoms with Crippen LogP contribution in [0.1, 0.15) is 68.5 Å². The third-order valence-electron chi connectivity index (χ3n) is 5.94. The number of amides is 2. The number of rotatable bonds is 3. The molecule has 1 N–H and O–H groups in total. The van der Waals surface area contributed by atoms with Crippen molar-refractivity contribution in [2.24, 2.45) is 5.92 Å². The summed E-state index contributed by atoms with van der Waals surface area (Å²) in [5.41, 5.74) is 2.23. The molecule has 1 heterocycles. The van der Waals surface area contributed by atoms with Gasteiger partial charge >= 0.3 is 0 Å². The number of fused-ring (bicyclic) bond motifs is 1. The predicted molar refractivity (Wildman–Crippen MR) is 97.0 cm³/mol. The van der Waals surface area contributed by atoms with E-state index in [4.69, 9.17) is 0 Å². The van der Waals surface area contributed by atoms with Crippen LogP contribution in [-0.2, 0) is 16.0 Å². The summed E-state index contributed by atoms with van der Waals surface area (Å²) < 4.78 is 0. The molecule has 2 amide bonds. The largest absolute Gasteiger partial charge is 0.351 e. The SMILES string of the molecule is O=C(NC1CCCCCC1)C1c2ccccc2CCN1C(=O)C1CC1. The first kappa shape index (κ1) is 16.6. The molecule has 2 aliphatic carbocycles. The Morgan fingerprint density at radius 3 is 2.40 bits per heavy atom. The molecule has 134 valence electrons. The van der Waals surface area contributed by atoms with Crippen molar-refractivity contribution in [3.63, 3.8) is 0 Å². The summed E-state index contributed by atoms with van der Waals surface area (Å²) in [7, 11) is 0. The van der Waals surface area contributed by atoms with Crippen molar-refractivity contribution in [1.82, 2.24) is 10.2 Å². The van der Waals surface area contributed by atoms with Gasteiger partial charge in [0, 0.05) is 18.5 Å². The van der Waals surface area contributed by atoms with Gasteiger partial charge in [0.1, 0.15) is 6.04 Å². The molecule has 0 aromatic heterocycles. The summed E-state index contributed by atoms with van der Waals surface area (Å²) in [6.07, 6.45) is 9.86. The highest BCUT2D eigenvalue weighted by atomic mass is 16.2. The van der Waals surface area contributed by atoms with Gasteiger partial charge in [0.05, 0.1) is 0 Å². The van der Waals surface area contributed by atoms with Gasteiger partial charge in [-0.25, -0.2) is 0 Å². The fourth-order valence-corrected chi connectivity index (χ4v) is 4.36. The van der Waals surface area contributed by atoms with Crippen molar-refractivity contribution in [3.05, 3.63) is 35.4 Å². The number of hydrogen-bond donors (Lipinski definition) is 1. The number of carbonyl (C=O) groups is 2. The van der Waals surface area contributed by atoms with Gasteiger partial charge in [0.25, 0.3) is 0 Å². The van der Waals surface area contributed by atoms with Gasteiger partial charge in [0.2, 0.25) is 11.8 Å². The van der Waals surface area contributed by atoms with Crippen LogP contribution >= 0.6 is 0 Å². The van der Waals surface area contributed by atoms with E-state index in [1.807, 2.05) is 23.1 Å². The zero-order valence-electron chi connectivity index (χ0n) is 14.9. The van der Waals surface area contributed by atoms with Crippen LogP contribution < -0.4 is 5.32 Å². The molecule has 0 radical (unpaired) electrons. The second kappa shape index (κ2) is 7.19. The van der Waals surface area contributed by atoms with Crippen LogP contribution in [0.5, 0.6) is 0 Å². The average molecular weight is 340 g/mol. The van der Waals surface area contributed by atoms with Gasteiger partial charge in [-0.1, -0.05) is 49.9 Å². The first-order valence-corrected chi connectivity index (χ1v) is 9.92. The molecule has 0 saturated heterocycles. The molecular formula is C21H28N2O2. The predicted octanol–water partition coefficient (Wildman–Crippen LogP) is 3.36. The van der Waals surface area contributed by atoms with Crippen LogP contribution in [0.4, 0.5) is 0 Å². The zero-order valence-corrected chi connectivity index (χ0v) is 14.9. The Kier molecular flexibility index (Phi) is 4.78. The van der Waals surface area contributed by atoms with Crippen molar-refractivity contribution in [3.8, 4) is 0 Å². The number of carbonyl (C=O) groups excluding carboxylic acids is 2. The molecule has 4 rings (SSSR count). The minimum absolute atomic E-state index is 0.0213. The van der Waals surface area contributed by atoms with Crippen LogP contribution in [0.3, 0.4) is 0 Å². The Bertz CT molecular complexity index is 645. The highest BCUT2D eigenvalue weighted by Crippen LogP contribution is 2.37. The van der Waals surface area contributed by atoms with Gasteiger partial charge in [0.15, 0.2) is 0 Å². The first-order chi connectivity index (χ1) is 12.2. The van der Waals surface area contributed by atoms with Crippen molar-refractivity contribution in [2.75, 3.05) is 6.54 Å². The highest BCUT2D eigenvalue weighted by molar-refractivity contribution is 5.91. The molecule has 1 aromatic carbocycles. The Morgan fingerprint density at radius 2 is 1.68 bits per heavy atom. The molecule has 2 fully saturated rings. The molecule has 25 heavy (non-hydrogen) atoms. The minimum atomic E-state index is -0.443. The van der Waals surface area contributed by atoms with Crippen molar-refractivity contribution >= 4 is 11.8 Å². The van der Waals surface area contributed by atoms with E-state index in [0.29, 0.717) is 6.54 Å². The fourth-order valence-electron chi connectivity index (χ4n) is 4.36. The number of nitrogens with zero attached hydrogens (tertiary/aromatic N) is 1. The van der Waals surface area contributed by atoms with E-state index in [-0.39, 0.29) is 23.8 Å². The van der Waals surface area contributed by atoms with Crippen LogP contribution in [0.2, 0.25) is 0 Å². The van der Waals surface area contributed by atoms with E-state index in [2.05, 4.69) is 11.4 Å². The van der Waals surface area contributed by atoms with Gasteiger partial charge in [-0.05, 0) is 43.2 Å². The van der Waals surface area contributed by atoms with E-state index in [1.165, 1.54) is 31.2 Å². The van der Waals surface area contributed by atoms with Crippen LogP contribution in [0, 0.1) is 5.92 Å². The Morgan fingerprint density at radius 1 is 0.960 bits per heavy atom. The normalized spacial score (nSPS) is 24.3. The molecule has 1 unspecified atom stereocenters. The first-order valence-electron chi connectivity index (χ1n) is 9.92. The number of benzene rings is 1. The Hall–Kier alpha value is -1.84. The summed E-state index contributed by atoms with van der Waals surface area (Å²) in [4.78, 5) is 27.8. The second-order valence-electron chi connectivity index (χ2n) is 7.85. The van der Waals surface area contributed by atoms with E-state index < -0.39 is 6.04 Å². The second-order valence-corrected chi connectivity index (χ2v) is 7.85. The van der Waals surface area contributed by atoms with E-state index in [9.17, 15) is 9.59 Å². The quantitative estimate of drug-likeness (QED) is 0.858. The lowest BCUT2D eigenvalue weighted by Gasteiger charge is -2.37. The zero-order chi connectivity index (χ0) is 17.2. The van der Waals surface area contributed by atoms with Gasteiger partial charge in [-0.2, -0.15) is 0 Å². The molecular weight excluding hydrogens is 312 g/mol. The molecule has 1 atom stereocenters. The Balaban J connectivity index is 1.57. The summed E-state index contributed by atoms with van der Waals surface area (Å²) in [5, 5.41) is 3.28. The maximum atomic E-state index is 13.2. The minimum Gasteiger partial charge on any atom is -0.351 e. The monoisotopic (exact) mass is 340 g/mol. The van der Waals surface area contributed by atoms with Crippen LogP contribution in [0.15, 0.2) is 24.3 Å². The molecule has 2 saturated carbocycles. The molecule has 1 aliphatic heterocycles. The van der Waals surface area contributed by atoms with E-state index in [0.717, 1.165) is 37.7 Å². The van der Waals surface area contributed by atoms with E-state index >= 15 is 0 Å². The summed E-state index contributed by atoms with van der Waals surface area (Å²) >= 11 is 0. The smallest absolute Gasteiger partial charge is 0.247 e. The Labute approximate surface area is 150 Å². The molecule has 4 heteroatoms. The molecule has 3 aliphatic rings. The molecule has 1 aromatic rings. The lowest BCUT2D eigenvalue weighted by molar-refractivity contribution is -0.142. The molecule has 4 nitrogen and oxygen atoms in total. The third kappa shape index (κ3) is 3.58.